The molecular weight excluding hydrogens is 278 g/mol. The molecule has 0 aliphatic carbocycles. The molecule has 2 heterocycles. The minimum atomic E-state index is -0.311. The van der Waals surface area contributed by atoms with Crippen molar-refractivity contribution in [2.24, 2.45) is 0 Å². The molecule has 1 aliphatic heterocycles. The van der Waals surface area contributed by atoms with Crippen molar-refractivity contribution in [1.82, 2.24) is 14.9 Å². The van der Waals surface area contributed by atoms with E-state index in [1.54, 1.807) is 17.3 Å². The quantitative estimate of drug-likeness (QED) is 0.883. The van der Waals surface area contributed by atoms with Gasteiger partial charge in [0.15, 0.2) is 0 Å². The normalized spacial score (nSPS) is 16.9. The largest absolute Gasteiger partial charge is 0.445 e. The van der Waals surface area contributed by atoms with E-state index in [9.17, 15) is 4.79 Å². The molecule has 1 aromatic heterocycles. The van der Waals surface area contributed by atoms with Gasteiger partial charge in [-0.05, 0) is 12.0 Å². The fourth-order valence-corrected chi connectivity index (χ4v) is 2.83. The van der Waals surface area contributed by atoms with E-state index in [-0.39, 0.29) is 18.7 Å². The Morgan fingerprint density at radius 3 is 3.05 bits per heavy atom. The molecule has 0 radical (unpaired) electrons. The van der Waals surface area contributed by atoms with Crippen LogP contribution in [0.2, 0.25) is 0 Å². The number of imidazole rings is 1. The van der Waals surface area contributed by atoms with Crippen LogP contribution in [0.5, 0.6) is 0 Å². The molecule has 0 saturated carbocycles. The van der Waals surface area contributed by atoms with E-state index in [1.165, 1.54) is 5.56 Å². The third-order valence-electron chi connectivity index (χ3n) is 3.88. The van der Waals surface area contributed by atoms with Crippen LogP contribution in [0.4, 0.5) is 4.79 Å². The number of nitrogens with one attached hydrogen (secondary N) is 1. The summed E-state index contributed by atoms with van der Waals surface area (Å²) in [6.45, 7) is 4.43. The molecular formula is C17H19N3O2. The Hall–Kier alpha value is -2.56. The topological polar surface area (TPSA) is 58.2 Å². The van der Waals surface area contributed by atoms with Crippen molar-refractivity contribution in [2.75, 3.05) is 13.2 Å². The molecule has 0 saturated heterocycles. The fourth-order valence-electron chi connectivity index (χ4n) is 2.83. The van der Waals surface area contributed by atoms with Crippen LogP contribution in [-0.4, -0.2) is 34.1 Å². The second-order valence-electron chi connectivity index (χ2n) is 5.28. The van der Waals surface area contributed by atoms with Crippen LogP contribution >= 0.6 is 0 Å². The van der Waals surface area contributed by atoms with E-state index in [0.717, 1.165) is 24.2 Å². The standard InChI is InChI=1S/C17H19N3O2/c1-2-10-22-17(21)20-9-8-14-16(19-12-18-14)15(20)11-13-6-4-3-5-7-13/h2-7,12,15H,1,8-11H2,(H,18,19). The van der Waals surface area contributed by atoms with E-state index < -0.39 is 0 Å². The van der Waals surface area contributed by atoms with Gasteiger partial charge in [-0.2, -0.15) is 0 Å². The molecule has 1 N–H and O–H groups in total. The zero-order chi connectivity index (χ0) is 15.4. The lowest BCUT2D eigenvalue weighted by atomic mass is 9.96. The van der Waals surface area contributed by atoms with Crippen LogP contribution in [0.15, 0.2) is 49.3 Å². The van der Waals surface area contributed by atoms with Gasteiger partial charge in [-0.1, -0.05) is 43.0 Å². The summed E-state index contributed by atoms with van der Waals surface area (Å²) in [5.41, 5.74) is 3.21. The Morgan fingerprint density at radius 1 is 1.45 bits per heavy atom. The number of hydrogen-bond acceptors (Lipinski definition) is 3. The number of H-pyrrole nitrogens is 1. The fraction of sp³-hybridized carbons (Fsp3) is 0.294. The van der Waals surface area contributed by atoms with Crippen molar-refractivity contribution in [3.8, 4) is 0 Å². The minimum absolute atomic E-state index is 0.102. The number of aromatic amines is 1. The highest BCUT2D eigenvalue weighted by atomic mass is 16.6. The molecule has 22 heavy (non-hydrogen) atoms. The SMILES string of the molecule is C=CCOC(=O)N1CCc2[nH]cnc2C1Cc1ccccc1. The van der Waals surface area contributed by atoms with Crippen molar-refractivity contribution >= 4 is 6.09 Å². The second-order valence-corrected chi connectivity index (χ2v) is 5.28. The van der Waals surface area contributed by atoms with Gasteiger partial charge in [0.2, 0.25) is 0 Å². The summed E-state index contributed by atoms with van der Waals surface area (Å²) < 4.78 is 5.22. The van der Waals surface area contributed by atoms with Crippen LogP contribution < -0.4 is 0 Å². The van der Waals surface area contributed by atoms with Gasteiger partial charge in [0.1, 0.15) is 6.61 Å². The van der Waals surface area contributed by atoms with E-state index in [0.29, 0.717) is 6.54 Å². The average molecular weight is 297 g/mol. The van der Waals surface area contributed by atoms with E-state index in [2.05, 4.69) is 28.7 Å². The Kier molecular flexibility index (Phi) is 4.23. The third-order valence-corrected chi connectivity index (χ3v) is 3.88. The summed E-state index contributed by atoms with van der Waals surface area (Å²) in [7, 11) is 0. The molecule has 1 aromatic carbocycles. The van der Waals surface area contributed by atoms with Crippen molar-refractivity contribution in [3.05, 3.63) is 66.3 Å². The maximum absolute atomic E-state index is 12.3. The zero-order valence-electron chi connectivity index (χ0n) is 12.4. The van der Waals surface area contributed by atoms with E-state index in [1.807, 2.05) is 18.2 Å². The lowest BCUT2D eigenvalue weighted by molar-refractivity contribution is 0.0898. The Morgan fingerprint density at radius 2 is 2.27 bits per heavy atom. The summed E-state index contributed by atoms with van der Waals surface area (Å²) >= 11 is 0. The maximum Gasteiger partial charge on any atom is 0.410 e. The first-order valence-corrected chi connectivity index (χ1v) is 7.40. The summed E-state index contributed by atoms with van der Waals surface area (Å²) in [6, 6.07) is 10.0. The van der Waals surface area contributed by atoms with Crippen LogP contribution in [-0.2, 0) is 17.6 Å². The Labute approximate surface area is 129 Å². The number of carbonyl (C=O) groups excluding carboxylic acids is 1. The van der Waals surface area contributed by atoms with Gasteiger partial charge < -0.3 is 9.72 Å². The van der Waals surface area contributed by atoms with Gasteiger partial charge in [0.25, 0.3) is 0 Å². The predicted octanol–water partition coefficient (Wildman–Crippen LogP) is 2.87. The van der Waals surface area contributed by atoms with Gasteiger partial charge in [0.05, 0.1) is 18.1 Å². The van der Waals surface area contributed by atoms with Gasteiger partial charge in [-0.3, -0.25) is 4.90 Å². The first-order chi connectivity index (χ1) is 10.8. The van der Waals surface area contributed by atoms with Crippen molar-refractivity contribution < 1.29 is 9.53 Å². The lowest BCUT2D eigenvalue weighted by Crippen LogP contribution is -2.41. The smallest absolute Gasteiger partial charge is 0.410 e. The predicted molar refractivity (Wildman–Crippen MR) is 83.4 cm³/mol. The molecule has 1 aliphatic rings. The molecule has 5 heteroatoms. The van der Waals surface area contributed by atoms with E-state index >= 15 is 0 Å². The minimum Gasteiger partial charge on any atom is -0.445 e. The number of benzene rings is 1. The molecule has 0 fully saturated rings. The first-order valence-electron chi connectivity index (χ1n) is 7.40. The summed E-state index contributed by atoms with van der Waals surface area (Å²) in [6.07, 6.45) is 4.45. The van der Waals surface area contributed by atoms with Crippen LogP contribution in [0.25, 0.3) is 0 Å². The second kappa shape index (κ2) is 6.47. The summed E-state index contributed by atoms with van der Waals surface area (Å²) in [5, 5.41) is 0. The number of fused-ring (bicyclic) bond motifs is 1. The number of nitrogens with zero attached hydrogens (tertiary/aromatic N) is 2. The molecule has 3 rings (SSSR count). The Bertz CT molecular complexity index is 651. The van der Waals surface area contributed by atoms with Gasteiger partial charge >= 0.3 is 6.09 Å². The highest BCUT2D eigenvalue weighted by molar-refractivity contribution is 5.69. The molecule has 1 atom stereocenters. The van der Waals surface area contributed by atoms with Crippen LogP contribution in [0.1, 0.15) is 23.0 Å². The molecule has 1 amide bonds. The third kappa shape index (κ3) is 2.88. The number of carbonyl (C=O) groups is 1. The molecule has 1 unspecified atom stereocenters. The highest BCUT2D eigenvalue weighted by Gasteiger charge is 2.33. The maximum atomic E-state index is 12.3. The van der Waals surface area contributed by atoms with Crippen molar-refractivity contribution in [2.45, 2.75) is 18.9 Å². The number of ether oxygens (including phenoxy) is 1. The van der Waals surface area contributed by atoms with E-state index in [4.69, 9.17) is 4.74 Å². The summed E-state index contributed by atoms with van der Waals surface area (Å²) in [5.74, 6) is 0. The number of aromatic nitrogens is 2. The monoisotopic (exact) mass is 297 g/mol. The molecule has 0 bridgehead atoms. The number of rotatable bonds is 4. The number of amides is 1. The lowest BCUT2D eigenvalue weighted by Gasteiger charge is -2.34. The molecule has 0 spiro atoms. The highest BCUT2D eigenvalue weighted by Crippen LogP contribution is 2.30. The zero-order valence-corrected chi connectivity index (χ0v) is 12.4. The van der Waals surface area contributed by atoms with Crippen LogP contribution in [0.3, 0.4) is 0 Å². The van der Waals surface area contributed by atoms with Gasteiger partial charge in [-0.15, -0.1) is 0 Å². The van der Waals surface area contributed by atoms with Gasteiger partial charge in [0, 0.05) is 18.7 Å². The van der Waals surface area contributed by atoms with Gasteiger partial charge in [-0.25, -0.2) is 9.78 Å². The summed E-state index contributed by atoms with van der Waals surface area (Å²) in [4.78, 5) is 21.7. The number of hydrogen-bond donors (Lipinski definition) is 1. The van der Waals surface area contributed by atoms with Crippen molar-refractivity contribution in [1.29, 1.82) is 0 Å². The first kappa shape index (κ1) is 14.4. The van der Waals surface area contributed by atoms with Crippen molar-refractivity contribution in [3.63, 3.8) is 0 Å². The molecule has 2 aromatic rings. The molecule has 114 valence electrons. The van der Waals surface area contributed by atoms with Crippen LogP contribution in [0, 0.1) is 0 Å². The average Bonchev–Trinajstić information content (AvgIpc) is 3.03. The Balaban J connectivity index is 1.86. The molecule has 5 nitrogen and oxygen atoms in total.